The summed E-state index contributed by atoms with van der Waals surface area (Å²) in [6.45, 7) is 2.50. The first-order valence-corrected chi connectivity index (χ1v) is 8.12. The molecule has 0 aliphatic carbocycles. The largest absolute Gasteiger partial charge is 0.394 e. The third-order valence-corrected chi connectivity index (χ3v) is 4.33. The first-order valence-electron chi connectivity index (χ1n) is 6.92. The van der Waals surface area contributed by atoms with E-state index in [9.17, 15) is 4.79 Å². The number of aryl methyl sites for hydroxylation is 1. The predicted molar refractivity (Wildman–Crippen MR) is 88.6 cm³/mol. The minimum absolute atomic E-state index is 0.0587. The lowest BCUT2D eigenvalue weighted by molar-refractivity contribution is 0.0277. The first kappa shape index (κ1) is 17.0. The van der Waals surface area contributed by atoms with Crippen molar-refractivity contribution in [3.05, 3.63) is 56.7 Å². The van der Waals surface area contributed by atoms with Crippen molar-refractivity contribution in [3.63, 3.8) is 0 Å². The van der Waals surface area contributed by atoms with Gasteiger partial charge in [0.15, 0.2) is 0 Å². The van der Waals surface area contributed by atoms with Gasteiger partial charge in [0.2, 0.25) is 0 Å². The summed E-state index contributed by atoms with van der Waals surface area (Å²) in [6.07, 6.45) is -0.299. The van der Waals surface area contributed by atoms with Gasteiger partial charge in [0.1, 0.15) is 0 Å². The van der Waals surface area contributed by atoms with Crippen molar-refractivity contribution in [1.29, 1.82) is 0 Å². The smallest absolute Gasteiger partial charge is 0.261 e. The average molecular weight is 340 g/mol. The van der Waals surface area contributed by atoms with E-state index in [0.717, 1.165) is 11.1 Å². The molecule has 2 rings (SSSR count). The summed E-state index contributed by atoms with van der Waals surface area (Å²) in [7, 11) is 0. The van der Waals surface area contributed by atoms with Crippen LogP contribution in [0, 0.1) is 6.92 Å². The molecular weight excluding hydrogens is 322 g/mol. The second-order valence-corrected chi connectivity index (χ2v) is 6.52. The molecule has 0 radical (unpaired) electrons. The SMILES string of the molecule is Cc1ccc([C@@H](CNC(=O)c2ccc(Cl)s2)OCCO)cc1. The number of carbonyl (C=O) groups is 1. The Morgan fingerprint density at radius 1 is 1.32 bits per heavy atom. The van der Waals surface area contributed by atoms with Crippen molar-refractivity contribution in [2.75, 3.05) is 19.8 Å². The van der Waals surface area contributed by atoms with Crippen LogP contribution in [0.25, 0.3) is 0 Å². The number of benzene rings is 1. The fraction of sp³-hybridized carbons (Fsp3) is 0.312. The highest BCUT2D eigenvalue weighted by Gasteiger charge is 2.15. The fourth-order valence-electron chi connectivity index (χ4n) is 1.96. The summed E-state index contributed by atoms with van der Waals surface area (Å²) >= 11 is 7.07. The van der Waals surface area contributed by atoms with Crippen LogP contribution >= 0.6 is 22.9 Å². The number of aliphatic hydroxyl groups is 1. The molecule has 2 N–H and O–H groups in total. The molecule has 1 aromatic carbocycles. The highest BCUT2D eigenvalue weighted by molar-refractivity contribution is 7.17. The summed E-state index contributed by atoms with van der Waals surface area (Å²) in [4.78, 5) is 12.6. The van der Waals surface area contributed by atoms with E-state index < -0.39 is 0 Å². The quantitative estimate of drug-likeness (QED) is 0.814. The van der Waals surface area contributed by atoms with E-state index in [4.69, 9.17) is 21.4 Å². The Labute approximate surface area is 138 Å². The summed E-state index contributed by atoms with van der Waals surface area (Å²) in [5.74, 6) is -0.179. The average Bonchev–Trinajstić information content (AvgIpc) is 2.95. The van der Waals surface area contributed by atoms with Gasteiger partial charge in [0, 0.05) is 6.54 Å². The molecule has 1 amide bonds. The van der Waals surface area contributed by atoms with Crippen LogP contribution in [0.3, 0.4) is 0 Å². The lowest BCUT2D eigenvalue weighted by Crippen LogP contribution is -2.29. The van der Waals surface area contributed by atoms with Crippen molar-refractivity contribution < 1.29 is 14.6 Å². The molecule has 4 nitrogen and oxygen atoms in total. The molecule has 6 heteroatoms. The minimum atomic E-state index is -0.299. The Bertz CT molecular complexity index is 612. The van der Waals surface area contributed by atoms with Crippen LogP contribution < -0.4 is 5.32 Å². The van der Waals surface area contributed by atoms with Crippen LogP contribution in [0.4, 0.5) is 0 Å². The van der Waals surface area contributed by atoms with Crippen LogP contribution in [0.1, 0.15) is 26.9 Å². The maximum atomic E-state index is 12.1. The monoisotopic (exact) mass is 339 g/mol. The van der Waals surface area contributed by atoms with Gasteiger partial charge < -0.3 is 15.2 Å². The Balaban J connectivity index is 2.00. The molecule has 0 fully saturated rings. The Kier molecular flexibility index (Phi) is 6.39. The molecule has 1 aromatic heterocycles. The maximum Gasteiger partial charge on any atom is 0.261 e. The first-order chi connectivity index (χ1) is 10.6. The van der Waals surface area contributed by atoms with Gasteiger partial charge >= 0.3 is 0 Å². The van der Waals surface area contributed by atoms with E-state index in [1.807, 2.05) is 31.2 Å². The van der Waals surface area contributed by atoms with Gasteiger partial charge in [0.05, 0.1) is 28.5 Å². The lowest BCUT2D eigenvalue weighted by Gasteiger charge is -2.18. The topological polar surface area (TPSA) is 58.6 Å². The molecule has 0 spiro atoms. The number of amides is 1. The molecule has 1 atom stereocenters. The number of ether oxygens (including phenoxy) is 1. The number of carbonyl (C=O) groups excluding carboxylic acids is 1. The zero-order valence-corrected chi connectivity index (χ0v) is 13.8. The van der Waals surface area contributed by atoms with Gasteiger partial charge in [-0.15, -0.1) is 11.3 Å². The third-order valence-electron chi connectivity index (χ3n) is 3.10. The van der Waals surface area contributed by atoms with E-state index in [1.54, 1.807) is 12.1 Å². The number of hydrogen-bond donors (Lipinski definition) is 2. The molecule has 22 heavy (non-hydrogen) atoms. The van der Waals surface area contributed by atoms with E-state index in [1.165, 1.54) is 11.3 Å². The fourth-order valence-corrected chi connectivity index (χ4v) is 2.92. The summed E-state index contributed by atoms with van der Waals surface area (Å²) in [5.41, 5.74) is 2.12. The van der Waals surface area contributed by atoms with Gasteiger partial charge in [-0.05, 0) is 24.6 Å². The number of thiophene rings is 1. The lowest BCUT2D eigenvalue weighted by atomic mass is 10.1. The zero-order valence-electron chi connectivity index (χ0n) is 12.2. The van der Waals surface area contributed by atoms with Gasteiger partial charge in [-0.2, -0.15) is 0 Å². The maximum absolute atomic E-state index is 12.1. The third kappa shape index (κ3) is 4.81. The van der Waals surface area contributed by atoms with Gasteiger partial charge in [-0.3, -0.25) is 4.79 Å². The number of aliphatic hydroxyl groups excluding tert-OH is 1. The molecule has 0 bridgehead atoms. The Morgan fingerprint density at radius 2 is 2.05 bits per heavy atom. The van der Waals surface area contributed by atoms with Gasteiger partial charge in [-0.1, -0.05) is 41.4 Å². The van der Waals surface area contributed by atoms with Crippen LogP contribution in [0.15, 0.2) is 36.4 Å². The summed E-state index contributed by atoms with van der Waals surface area (Å²) in [5, 5.41) is 11.8. The zero-order chi connectivity index (χ0) is 15.9. The Morgan fingerprint density at radius 3 is 2.64 bits per heavy atom. The normalized spacial score (nSPS) is 12.1. The molecule has 118 valence electrons. The molecule has 0 saturated carbocycles. The minimum Gasteiger partial charge on any atom is -0.394 e. The predicted octanol–water partition coefficient (Wildman–Crippen LogP) is 3.19. The van der Waals surface area contributed by atoms with Crippen LogP contribution in [-0.2, 0) is 4.74 Å². The van der Waals surface area contributed by atoms with Crippen molar-refractivity contribution in [2.24, 2.45) is 0 Å². The van der Waals surface area contributed by atoms with Gasteiger partial charge in [0.25, 0.3) is 5.91 Å². The number of rotatable bonds is 7. The second-order valence-electron chi connectivity index (χ2n) is 4.81. The standard InChI is InChI=1S/C16H18ClNO3S/c1-11-2-4-12(5-3-11)13(21-9-8-19)10-18-16(20)14-6-7-15(17)22-14/h2-7,13,19H,8-10H2,1H3,(H,18,20)/t13-/m1/s1. The molecule has 0 aliphatic heterocycles. The van der Waals surface area contributed by atoms with Crippen LogP contribution in [-0.4, -0.2) is 30.8 Å². The van der Waals surface area contributed by atoms with E-state index >= 15 is 0 Å². The number of halogens is 1. The van der Waals surface area contributed by atoms with Crippen molar-refractivity contribution in [2.45, 2.75) is 13.0 Å². The van der Waals surface area contributed by atoms with Crippen molar-refractivity contribution >= 4 is 28.8 Å². The molecule has 0 saturated heterocycles. The highest BCUT2D eigenvalue weighted by atomic mass is 35.5. The summed E-state index contributed by atoms with van der Waals surface area (Å²) in [6, 6.07) is 11.3. The van der Waals surface area contributed by atoms with Crippen molar-refractivity contribution in [1.82, 2.24) is 5.32 Å². The summed E-state index contributed by atoms with van der Waals surface area (Å²) < 4.78 is 6.20. The second kappa shape index (κ2) is 8.29. The Hall–Kier alpha value is -1.40. The van der Waals surface area contributed by atoms with Crippen LogP contribution in [0.5, 0.6) is 0 Å². The molecule has 0 aliphatic rings. The van der Waals surface area contributed by atoms with E-state index in [-0.39, 0.29) is 25.2 Å². The molecule has 2 aromatic rings. The molecular formula is C16H18ClNO3S. The van der Waals surface area contributed by atoms with E-state index in [0.29, 0.717) is 15.8 Å². The van der Waals surface area contributed by atoms with Gasteiger partial charge in [-0.25, -0.2) is 0 Å². The number of hydrogen-bond acceptors (Lipinski definition) is 4. The number of nitrogens with one attached hydrogen (secondary N) is 1. The van der Waals surface area contributed by atoms with Crippen molar-refractivity contribution in [3.8, 4) is 0 Å². The molecule has 1 heterocycles. The van der Waals surface area contributed by atoms with E-state index in [2.05, 4.69) is 5.32 Å². The van der Waals surface area contributed by atoms with Crippen LogP contribution in [0.2, 0.25) is 4.34 Å². The molecule has 0 unspecified atom stereocenters. The highest BCUT2D eigenvalue weighted by Crippen LogP contribution is 2.22.